The Labute approximate surface area is 117 Å². The molecule has 3 heteroatoms. The van der Waals surface area contributed by atoms with Crippen molar-refractivity contribution in [2.24, 2.45) is 5.92 Å². The minimum Gasteiger partial charge on any atom is -0.381 e. The molecule has 0 radical (unpaired) electrons. The van der Waals surface area contributed by atoms with Crippen LogP contribution in [0.1, 0.15) is 57.8 Å². The van der Waals surface area contributed by atoms with E-state index in [-0.39, 0.29) is 5.60 Å². The summed E-state index contributed by atoms with van der Waals surface area (Å²) in [5, 5.41) is 3.80. The van der Waals surface area contributed by atoms with Crippen LogP contribution in [0.25, 0.3) is 0 Å². The first-order valence-corrected chi connectivity index (χ1v) is 8.31. The first-order chi connectivity index (χ1) is 9.36. The molecule has 0 aromatic carbocycles. The van der Waals surface area contributed by atoms with Gasteiger partial charge in [-0.2, -0.15) is 0 Å². The fourth-order valence-electron chi connectivity index (χ4n) is 4.05. The zero-order valence-corrected chi connectivity index (χ0v) is 12.2. The van der Waals surface area contributed by atoms with Gasteiger partial charge >= 0.3 is 0 Å². The molecule has 19 heavy (non-hydrogen) atoms. The van der Waals surface area contributed by atoms with Crippen LogP contribution >= 0.6 is 0 Å². The number of nitrogens with one attached hydrogen (secondary N) is 1. The molecule has 0 amide bonds. The maximum Gasteiger partial charge on any atom is 0.0697 e. The van der Waals surface area contributed by atoms with Gasteiger partial charge in [-0.3, -0.25) is 0 Å². The lowest BCUT2D eigenvalue weighted by Crippen LogP contribution is -2.49. The zero-order chi connectivity index (χ0) is 13.0. The van der Waals surface area contributed by atoms with Crippen LogP contribution in [0.15, 0.2) is 0 Å². The van der Waals surface area contributed by atoms with Gasteiger partial charge in [0.2, 0.25) is 0 Å². The third-order valence-corrected chi connectivity index (χ3v) is 5.21. The van der Waals surface area contributed by atoms with Crippen molar-refractivity contribution in [2.75, 3.05) is 26.4 Å². The summed E-state index contributed by atoms with van der Waals surface area (Å²) in [6.45, 7) is 4.03. The lowest BCUT2D eigenvalue weighted by molar-refractivity contribution is -0.109. The van der Waals surface area contributed by atoms with E-state index in [0.717, 1.165) is 32.3 Å². The van der Waals surface area contributed by atoms with E-state index in [2.05, 4.69) is 5.32 Å². The van der Waals surface area contributed by atoms with E-state index >= 15 is 0 Å². The Morgan fingerprint density at radius 3 is 2.68 bits per heavy atom. The van der Waals surface area contributed by atoms with E-state index in [1.54, 1.807) is 0 Å². The molecule has 0 aromatic heterocycles. The molecule has 110 valence electrons. The van der Waals surface area contributed by atoms with Gasteiger partial charge in [0, 0.05) is 25.8 Å². The summed E-state index contributed by atoms with van der Waals surface area (Å²) in [7, 11) is 0. The largest absolute Gasteiger partial charge is 0.381 e. The van der Waals surface area contributed by atoms with Crippen molar-refractivity contribution in [1.29, 1.82) is 0 Å². The molecular weight excluding hydrogens is 238 g/mol. The summed E-state index contributed by atoms with van der Waals surface area (Å²) in [5.74, 6) is 0.735. The Balaban J connectivity index is 1.45. The lowest BCUT2D eigenvalue weighted by Gasteiger charge is -2.44. The summed E-state index contributed by atoms with van der Waals surface area (Å²) in [6.07, 6.45) is 11.7. The Hall–Kier alpha value is -0.120. The second-order valence-corrected chi connectivity index (χ2v) is 6.77. The highest BCUT2D eigenvalue weighted by Crippen LogP contribution is 2.38. The zero-order valence-electron chi connectivity index (χ0n) is 12.2. The normalized spacial score (nSPS) is 35.4. The molecule has 0 bridgehead atoms. The fraction of sp³-hybridized carbons (Fsp3) is 1.00. The number of ether oxygens (including phenoxy) is 2. The first kappa shape index (κ1) is 13.8. The minimum atomic E-state index is 0.233. The number of hydrogen-bond acceptors (Lipinski definition) is 3. The number of hydrogen-bond donors (Lipinski definition) is 1. The van der Waals surface area contributed by atoms with Crippen molar-refractivity contribution in [2.45, 2.75) is 69.4 Å². The average molecular weight is 267 g/mol. The van der Waals surface area contributed by atoms with Crippen LogP contribution in [0.4, 0.5) is 0 Å². The van der Waals surface area contributed by atoms with Crippen molar-refractivity contribution in [3.63, 3.8) is 0 Å². The van der Waals surface area contributed by atoms with E-state index in [0.29, 0.717) is 6.04 Å². The van der Waals surface area contributed by atoms with Gasteiger partial charge in [-0.25, -0.2) is 0 Å². The predicted octanol–water partition coefficient (Wildman–Crippen LogP) is 2.88. The molecule has 1 N–H and O–H groups in total. The molecule has 1 aliphatic carbocycles. The van der Waals surface area contributed by atoms with E-state index in [4.69, 9.17) is 9.47 Å². The highest BCUT2D eigenvalue weighted by molar-refractivity contribution is 4.92. The van der Waals surface area contributed by atoms with Crippen LogP contribution in [0.3, 0.4) is 0 Å². The molecule has 3 fully saturated rings. The summed E-state index contributed by atoms with van der Waals surface area (Å²) in [5.41, 5.74) is 0.233. The third-order valence-electron chi connectivity index (χ3n) is 5.21. The summed E-state index contributed by atoms with van der Waals surface area (Å²) < 4.78 is 11.7. The van der Waals surface area contributed by atoms with E-state index in [1.165, 1.54) is 57.8 Å². The van der Waals surface area contributed by atoms with Gasteiger partial charge in [-0.05, 0) is 44.4 Å². The fourth-order valence-corrected chi connectivity index (χ4v) is 4.05. The maximum absolute atomic E-state index is 6.16. The summed E-state index contributed by atoms with van der Waals surface area (Å²) in [6, 6.07) is 0.675. The second-order valence-electron chi connectivity index (χ2n) is 6.77. The minimum absolute atomic E-state index is 0.233. The molecule has 3 aliphatic rings. The molecule has 1 saturated carbocycles. The SMILES string of the molecule is C1CCC2(CC1)CC(NCC1CCCOC1)CCO2. The van der Waals surface area contributed by atoms with Crippen molar-refractivity contribution in [3.8, 4) is 0 Å². The van der Waals surface area contributed by atoms with E-state index < -0.39 is 0 Å². The molecule has 2 saturated heterocycles. The summed E-state index contributed by atoms with van der Waals surface area (Å²) in [4.78, 5) is 0. The topological polar surface area (TPSA) is 30.5 Å². The molecule has 0 aromatic rings. The van der Waals surface area contributed by atoms with Gasteiger partial charge in [0.25, 0.3) is 0 Å². The molecule has 2 atom stereocenters. The Kier molecular flexibility index (Phi) is 4.78. The van der Waals surface area contributed by atoms with Gasteiger partial charge in [-0.1, -0.05) is 19.3 Å². The maximum atomic E-state index is 6.16. The molecule has 2 heterocycles. The van der Waals surface area contributed by atoms with Gasteiger partial charge in [-0.15, -0.1) is 0 Å². The highest BCUT2D eigenvalue weighted by atomic mass is 16.5. The third kappa shape index (κ3) is 3.71. The smallest absolute Gasteiger partial charge is 0.0697 e. The van der Waals surface area contributed by atoms with Crippen LogP contribution in [0.5, 0.6) is 0 Å². The van der Waals surface area contributed by atoms with Gasteiger partial charge < -0.3 is 14.8 Å². The Bertz CT molecular complexity index is 264. The predicted molar refractivity (Wildman–Crippen MR) is 76.3 cm³/mol. The van der Waals surface area contributed by atoms with E-state index in [9.17, 15) is 0 Å². The quantitative estimate of drug-likeness (QED) is 0.853. The standard InChI is InChI=1S/C16H29NO2/c1-2-7-16(8-3-1)11-15(6-10-19-16)17-12-14-5-4-9-18-13-14/h14-15,17H,1-13H2. The molecule has 2 aliphatic heterocycles. The number of rotatable bonds is 3. The second kappa shape index (κ2) is 6.55. The molecule has 3 nitrogen and oxygen atoms in total. The Morgan fingerprint density at radius 2 is 1.89 bits per heavy atom. The van der Waals surface area contributed by atoms with Crippen LogP contribution in [0.2, 0.25) is 0 Å². The van der Waals surface area contributed by atoms with E-state index in [1.807, 2.05) is 0 Å². The van der Waals surface area contributed by atoms with Gasteiger partial charge in [0.1, 0.15) is 0 Å². The average Bonchev–Trinajstić information content (AvgIpc) is 2.47. The Morgan fingerprint density at radius 1 is 1.00 bits per heavy atom. The van der Waals surface area contributed by atoms with Crippen molar-refractivity contribution >= 4 is 0 Å². The van der Waals surface area contributed by atoms with Crippen LogP contribution in [0, 0.1) is 5.92 Å². The lowest BCUT2D eigenvalue weighted by atomic mass is 9.78. The molecule has 3 rings (SSSR count). The van der Waals surface area contributed by atoms with Crippen molar-refractivity contribution in [3.05, 3.63) is 0 Å². The van der Waals surface area contributed by atoms with Crippen LogP contribution in [-0.2, 0) is 9.47 Å². The first-order valence-electron chi connectivity index (χ1n) is 8.31. The van der Waals surface area contributed by atoms with Crippen LogP contribution < -0.4 is 5.32 Å². The summed E-state index contributed by atoms with van der Waals surface area (Å²) >= 11 is 0. The van der Waals surface area contributed by atoms with Crippen molar-refractivity contribution in [1.82, 2.24) is 5.32 Å². The highest BCUT2D eigenvalue weighted by Gasteiger charge is 2.38. The molecule has 1 spiro atoms. The van der Waals surface area contributed by atoms with Crippen molar-refractivity contribution < 1.29 is 9.47 Å². The van der Waals surface area contributed by atoms with Gasteiger partial charge in [0.15, 0.2) is 0 Å². The van der Waals surface area contributed by atoms with Crippen LogP contribution in [-0.4, -0.2) is 38.0 Å². The monoisotopic (exact) mass is 267 g/mol. The van der Waals surface area contributed by atoms with Gasteiger partial charge in [0.05, 0.1) is 12.2 Å². The molecular formula is C16H29NO2. The molecule has 2 unspecified atom stereocenters.